The fourth-order valence-corrected chi connectivity index (χ4v) is 3.49. The van der Waals surface area contributed by atoms with Crippen LogP contribution in [-0.4, -0.2) is 41.8 Å². The number of hydrogen-bond donors (Lipinski definition) is 3. The fourth-order valence-electron chi connectivity index (χ4n) is 3.49. The number of rotatable bonds is 4. The van der Waals surface area contributed by atoms with Gasteiger partial charge in [0.15, 0.2) is 11.5 Å². The van der Waals surface area contributed by atoms with Crippen LogP contribution in [0.3, 0.4) is 0 Å². The lowest BCUT2D eigenvalue weighted by Crippen LogP contribution is -2.31. The first-order valence-electron chi connectivity index (χ1n) is 9.24. The van der Waals surface area contributed by atoms with Crippen molar-refractivity contribution in [2.24, 2.45) is 0 Å². The molecule has 4 heterocycles. The van der Waals surface area contributed by atoms with Crippen molar-refractivity contribution in [1.29, 1.82) is 0 Å². The summed E-state index contributed by atoms with van der Waals surface area (Å²) in [5.41, 5.74) is 1.71. The minimum atomic E-state index is -1.33. The number of halogens is 1. The molecule has 0 saturated heterocycles. The number of carbonyl (C=O) groups excluding carboxylic acids is 1. The van der Waals surface area contributed by atoms with E-state index in [1.807, 2.05) is 0 Å². The van der Waals surface area contributed by atoms with E-state index >= 15 is 0 Å². The second kappa shape index (κ2) is 7.13. The molecule has 1 aliphatic rings. The van der Waals surface area contributed by atoms with E-state index in [2.05, 4.69) is 30.7 Å². The number of nitrogens with zero attached hydrogens (tertiary/aromatic N) is 5. The minimum Gasteiger partial charge on any atom is -0.465 e. The van der Waals surface area contributed by atoms with Crippen LogP contribution in [0.4, 0.5) is 15.0 Å². The lowest BCUT2D eigenvalue weighted by atomic mass is 10.2. The molecule has 31 heavy (non-hydrogen) atoms. The Hall–Kier alpha value is -4.41. The van der Waals surface area contributed by atoms with Crippen LogP contribution in [0.1, 0.15) is 17.2 Å². The molecule has 0 fully saturated rings. The summed E-state index contributed by atoms with van der Waals surface area (Å²) in [6, 6.07) is 8.86. The lowest BCUT2D eigenvalue weighted by Gasteiger charge is -2.07. The Labute approximate surface area is 173 Å². The standard InChI is InChI=1S/C20H14FN7O3/c21-13-6-2-1-4-10(13)9-28-18-11(5-3-7-22-18)14(27-28)17-23-8-12-15(24-20(30)31)19(29)26-16(12)25-17/h1-8,15,24H,9H2,(H,30,31)(H,23,25,26,29). The Bertz CT molecular complexity index is 1350. The van der Waals surface area contributed by atoms with Crippen LogP contribution in [-0.2, 0) is 11.3 Å². The molecular weight excluding hydrogens is 405 g/mol. The van der Waals surface area contributed by atoms with Crippen LogP contribution >= 0.6 is 0 Å². The summed E-state index contributed by atoms with van der Waals surface area (Å²) in [4.78, 5) is 36.1. The van der Waals surface area contributed by atoms with Crippen molar-refractivity contribution < 1.29 is 19.1 Å². The number of anilines is 1. The fraction of sp³-hybridized carbons (Fsp3) is 0.100. The van der Waals surface area contributed by atoms with Crippen LogP contribution in [0.15, 0.2) is 48.8 Å². The van der Waals surface area contributed by atoms with Crippen molar-refractivity contribution in [2.75, 3.05) is 5.32 Å². The van der Waals surface area contributed by atoms with Gasteiger partial charge in [-0.05, 0) is 18.2 Å². The van der Waals surface area contributed by atoms with E-state index < -0.39 is 18.0 Å². The summed E-state index contributed by atoms with van der Waals surface area (Å²) in [7, 11) is 0. The van der Waals surface area contributed by atoms with Crippen LogP contribution < -0.4 is 10.6 Å². The average molecular weight is 419 g/mol. The first-order valence-corrected chi connectivity index (χ1v) is 9.24. The van der Waals surface area contributed by atoms with Gasteiger partial charge in [-0.15, -0.1) is 0 Å². The maximum absolute atomic E-state index is 14.1. The highest BCUT2D eigenvalue weighted by Crippen LogP contribution is 2.32. The van der Waals surface area contributed by atoms with Crippen LogP contribution in [0.5, 0.6) is 0 Å². The molecule has 1 aliphatic heterocycles. The molecule has 2 amide bonds. The number of benzene rings is 1. The van der Waals surface area contributed by atoms with E-state index in [0.29, 0.717) is 27.9 Å². The summed E-state index contributed by atoms with van der Waals surface area (Å²) < 4.78 is 15.7. The second-order valence-corrected chi connectivity index (χ2v) is 6.84. The highest BCUT2D eigenvalue weighted by atomic mass is 19.1. The van der Waals surface area contributed by atoms with Gasteiger partial charge in [-0.2, -0.15) is 5.10 Å². The molecule has 0 spiro atoms. The van der Waals surface area contributed by atoms with Gasteiger partial charge in [-0.25, -0.2) is 28.8 Å². The Balaban J connectivity index is 1.57. The zero-order chi connectivity index (χ0) is 21.5. The number of carboxylic acid groups (broad SMARTS) is 1. The van der Waals surface area contributed by atoms with Crippen LogP contribution in [0.25, 0.3) is 22.6 Å². The Morgan fingerprint density at radius 2 is 2.06 bits per heavy atom. The molecule has 10 nitrogen and oxygen atoms in total. The normalized spacial score (nSPS) is 15.0. The number of hydrogen-bond acceptors (Lipinski definition) is 6. The summed E-state index contributed by atoms with van der Waals surface area (Å²) >= 11 is 0. The summed E-state index contributed by atoms with van der Waals surface area (Å²) in [6.07, 6.45) is 1.66. The van der Waals surface area contributed by atoms with Gasteiger partial charge >= 0.3 is 6.09 Å². The highest BCUT2D eigenvalue weighted by molar-refractivity contribution is 6.03. The van der Waals surface area contributed by atoms with Gasteiger partial charge in [-0.1, -0.05) is 18.2 Å². The molecule has 0 aliphatic carbocycles. The van der Waals surface area contributed by atoms with E-state index in [-0.39, 0.29) is 24.0 Å². The molecule has 0 bridgehead atoms. The van der Waals surface area contributed by atoms with Crippen LogP contribution in [0.2, 0.25) is 0 Å². The van der Waals surface area contributed by atoms with Gasteiger partial charge in [0.25, 0.3) is 5.91 Å². The molecule has 1 atom stereocenters. The Morgan fingerprint density at radius 1 is 1.23 bits per heavy atom. The SMILES string of the molecule is O=C(O)NC1C(=O)Nc2nc(-c3nn(Cc4ccccc4F)c4ncccc34)ncc21. The molecule has 3 N–H and O–H groups in total. The minimum absolute atomic E-state index is 0.159. The highest BCUT2D eigenvalue weighted by Gasteiger charge is 2.34. The molecule has 4 aromatic rings. The second-order valence-electron chi connectivity index (χ2n) is 6.84. The van der Waals surface area contributed by atoms with E-state index in [1.165, 1.54) is 12.3 Å². The van der Waals surface area contributed by atoms with Gasteiger partial charge in [0.05, 0.1) is 11.9 Å². The van der Waals surface area contributed by atoms with Crippen molar-refractivity contribution in [1.82, 2.24) is 30.0 Å². The molecule has 11 heteroatoms. The predicted molar refractivity (Wildman–Crippen MR) is 107 cm³/mol. The molecule has 0 saturated carbocycles. The van der Waals surface area contributed by atoms with Crippen molar-refractivity contribution in [2.45, 2.75) is 12.6 Å². The van der Waals surface area contributed by atoms with E-state index in [4.69, 9.17) is 5.11 Å². The third-order valence-corrected chi connectivity index (χ3v) is 4.90. The maximum Gasteiger partial charge on any atom is 0.405 e. The number of amides is 2. The van der Waals surface area contributed by atoms with Crippen LogP contribution in [0, 0.1) is 5.82 Å². The zero-order valence-electron chi connectivity index (χ0n) is 15.8. The van der Waals surface area contributed by atoms with Crippen molar-refractivity contribution in [3.8, 4) is 11.5 Å². The summed E-state index contributed by atoms with van der Waals surface area (Å²) in [5, 5.41) is 18.8. The van der Waals surface area contributed by atoms with Gasteiger partial charge in [0.2, 0.25) is 0 Å². The molecule has 1 unspecified atom stereocenters. The topological polar surface area (TPSA) is 135 Å². The number of fused-ring (bicyclic) bond motifs is 2. The van der Waals surface area contributed by atoms with Crippen molar-refractivity contribution >= 4 is 28.9 Å². The van der Waals surface area contributed by atoms with Gasteiger partial charge < -0.3 is 15.7 Å². The summed E-state index contributed by atoms with van der Waals surface area (Å²) in [5.74, 6) is -0.465. The third kappa shape index (κ3) is 3.21. The van der Waals surface area contributed by atoms with Crippen molar-refractivity contribution in [3.05, 3.63) is 65.7 Å². The van der Waals surface area contributed by atoms with Gasteiger partial charge in [0.1, 0.15) is 23.4 Å². The Kier molecular flexibility index (Phi) is 4.28. The summed E-state index contributed by atoms with van der Waals surface area (Å²) in [6.45, 7) is 0.159. The molecule has 3 aromatic heterocycles. The van der Waals surface area contributed by atoms with Gasteiger partial charge in [0, 0.05) is 23.5 Å². The smallest absolute Gasteiger partial charge is 0.405 e. The first kappa shape index (κ1) is 18.6. The molecule has 154 valence electrons. The van der Waals surface area contributed by atoms with E-state index in [9.17, 15) is 14.0 Å². The molecule has 0 radical (unpaired) electrons. The molecule has 1 aromatic carbocycles. The third-order valence-electron chi connectivity index (χ3n) is 4.90. The van der Waals surface area contributed by atoms with Gasteiger partial charge in [-0.3, -0.25) is 4.79 Å². The zero-order valence-corrected chi connectivity index (χ0v) is 15.8. The quantitative estimate of drug-likeness (QED) is 0.462. The maximum atomic E-state index is 14.1. The number of pyridine rings is 1. The largest absolute Gasteiger partial charge is 0.465 e. The van der Waals surface area contributed by atoms with E-state index in [0.717, 1.165) is 0 Å². The molecular formula is C20H14FN7O3. The predicted octanol–water partition coefficient (Wildman–Crippen LogP) is 2.34. The first-order chi connectivity index (χ1) is 15.0. The van der Waals surface area contributed by atoms with Crippen molar-refractivity contribution in [3.63, 3.8) is 0 Å². The number of carbonyl (C=O) groups is 2. The molecule has 5 rings (SSSR count). The average Bonchev–Trinajstić information content (AvgIpc) is 3.27. The lowest BCUT2D eigenvalue weighted by molar-refractivity contribution is -0.117. The number of aromatic nitrogens is 5. The van der Waals surface area contributed by atoms with E-state index in [1.54, 1.807) is 41.2 Å². The monoisotopic (exact) mass is 419 g/mol. The number of nitrogens with one attached hydrogen (secondary N) is 2. The Morgan fingerprint density at radius 3 is 2.87 bits per heavy atom.